The van der Waals surface area contributed by atoms with Crippen LogP contribution in [0.4, 0.5) is 5.95 Å². The summed E-state index contributed by atoms with van der Waals surface area (Å²) in [5.41, 5.74) is 1.08. The molecular formula is C12H21N3O. The minimum atomic E-state index is 0.718. The number of aryl methyl sites for hydroxylation is 1. The van der Waals surface area contributed by atoms with E-state index in [1.807, 2.05) is 6.92 Å². The Bertz CT molecular complexity index is 331. The van der Waals surface area contributed by atoms with Crippen molar-refractivity contribution in [1.29, 1.82) is 0 Å². The molecule has 0 amide bonds. The Balaban J connectivity index is 1.92. The lowest BCUT2D eigenvalue weighted by Gasteiger charge is -2.26. The van der Waals surface area contributed by atoms with Crippen molar-refractivity contribution in [3.05, 3.63) is 11.9 Å². The molecule has 1 aromatic heterocycles. The molecule has 4 nitrogen and oxygen atoms in total. The Labute approximate surface area is 97.0 Å². The van der Waals surface area contributed by atoms with Crippen LogP contribution < -0.4 is 5.32 Å². The summed E-state index contributed by atoms with van der Waals surface area (Å²) in [7, 11) is 1.72. The lowest BCUT2D eigenvalue weighted by Crippen LogP contribution is -2.20. The van der Waals surface area contributed by atoms with Gasteiger partial charge in [0.25, 0.3) is 0 Å². The second-order valence-corrected chi connectivity index (χ2v) is 4.57. The van der Waals surface area contributed by atoms with Crippen LogP contribution in [0.25, 0.3) is 0 Å². The van der Waals surface area contributed by atoms with Gasteiger partial charge >= 0.3 is 0 Å². The van der Waals surface area contributed by atoms with Crippen LogP contribution in [0.5, 0.6) is 0 Å². The van der Waals surface area contributed by atoms with Gasteiger partial charge in [-0.25, -0.2) is 4.98 Å². The summed E-state index contributed by atoms with van der Waals surface area (Å²) < 4.78 is 7.27. The fraction of sp³-hybridized carbons (Fsp3) is 0.750. The molecule has 1 heterocycles. The molecule has 0 aliphatic heterocycles. The number of imidazole rings is 1. The predicted octanol–water partition coefficient (Wildman–Crippen LogP) is 2.05. The summed E-state index contributed by atoms with van der Waals surface area (Å²) in [4.78, 5) is 4.49. The highest BCUT2D eigenvalue weighted by atomic mass is 16.5. The number of nitrogens with one attached hydrogen (secondary N) is 1. The van der Waals surface area contributed by atoms with E-state index in [4.69, 9.17) is 4.74 Å². The summed E-state index contributed by atoms with van der Waals surface area (Å²) in [6, 6.07) is 0. The monoisotopic (exact) mass is 223 g/mol. The number of ether oxygens (including phenoxy) is 1. The molecule has 0 unspecified atom stereocenters. The van der Waals surface area contributed by atoms with Crippen molar-refractivity contribution in [2.45, 2.75) is 32.7 Å². The molecule has 1 aromatic rings. The normalized spacial score (nSPS) is 16.1. The molecule has 1 aliphatic carbocycles. The maximum absolute atomic E-state index is 5.02. The maximum atomic E-state index is 5.02. The van der Waals surface area contributed by atoms with Gasteiger partial charge in [-0.1, -0.05) is 6.42 Å². The molecule has 4 heteroatoms. The van der Waals surface area contributed by atoms with Crippen LogP contribution in [0.3, 0.4) is 0 Å². The molecule has 0 aromatic carbocycles. The van der Waals surface area contributed by atoms with E-state index in [2.05, 4.69) is 21.1 Å². The number of hydrogen-bond donors (Lipinski definition) is 1. The maximum Gasteiger partial charge on any atom is 0.203 e. The Hall–Kier alpha value is -1.03. The summed E-state index contributed by atoms with van der Waals surface area (Å²) in [5.74, 6) is 1.85. The first-order valence-electron chi connectivity index (χ1n) is 6.06. The molecule has 1 saturated carbocycles. The largest absolute Gasteiger partial charge is 0.383 e. The third kappa shape index (κ3) is 2.76. The Kier molecular flexibility index (Phi) is 3.83. The molecule has 1 aliphatic rings. The van der Waals surface area contributed by atoms with E-state index >= 15 is 0 Å². The lowest BCUT2D eigenvalue weighted by atomic mass is 9.85. The van der Waals surface area contributed by atoms with Gasteiger partial charge in [-0.3, -0.25) is 0 Å². The van der Waals surface area contributed by atoms with Crippen molar-refractivity contribution in [2.24, 2.45) is 5.92 Å². The van der Waals surface area contributed by atoms with E-state index in [1.54, 1.807) is 7.11 Å². The zero-order chi connectivity index (χ0) is 11.4. The van der Waals surface area contributed by atoms with Crippen LogP contribution in [-0.4, -0.2) is 29.8 Å². The molecule has 2 rings (SSSR count). The fourth-order valence-corrected chi connectivity index (χ4v) is 2.05. The molecule has 0 bridgehead atoms. The number of anilines is 1. The van der Waals surface area contributed by atoms with Gasteiger partial charge in [0.15, 0.2) is 0 Å². The van der Waals surface area contributed by atoms with Gasteiger partial charge in [-0.15, -0.1) is 0 Å². The van der Waals surface area contributed by atoms with E-state index in [-0.39, 0.29) is 0 Å². The smallest absolute Gasteiger partial charge is 0.203 e. The first-order valence-corrected chi connectivity index (χ1v) is 6.06. The summed E-state index contributed by atoms with van der Waals surface area (Å²) in [6.07, 6.45) is 6.27. The quantitative estimate of drug-likeness (QED) is 0.750. The molecule has 90 valence electrons. The van der Waals surface area contributed by atoms with E-state index in [1.165, 1.54) is 19.3 Å². The van der Waals surface area contributed by atoms with Gasteiger partial charge in [0.1, 0.15) is 0 Å². The first-order chi connectivity index (χ1) is 7.79. The number of nitrogens with zero attached hydrogens (tertiary/aromatic N) is 2. The average Bonchev–Trinajstić information content (AvgIpc) is 2.53. The topological polar surface area (TPSA) is 39.1 Å². The second kappa shape index (κ2) is 5.34. The van der Waals surface area contributed by atoms with E-state index in [0.29, 0.717) is 0 Å². The molecular weight excluding hydrogens is 202 g/mol. The van der Waals surface area contributed by atoms with Crippen LogP contribution in [0.1, 0.15) is 25.0 Å². The standard InChI is InChI=1S/C12H21N3O/c1-10-8-15(9-11-4-3-5-11)12(14-10)13-6-7-16-2/h8,11H,3-7,9H2,1-2H3,(H,13,14). The SMILES string of the molecule is COCCNc1nc(C)cn1CC1CCC1. The van der Waals surface area contributed by atoms with Gasteiger partial charge in [0, 0.05) is 26.4 Å². The van der Waals surface area contributed by atoms with Crippen LogP contribution in [-0.2, 0) is 11.3 Å². The van der Waals surface area contributed by atoms with Gasteiger partial charge < -0.3 is 14.6 Å². The van der Waals surface area contributed by atoms with Crippen molar-refractivity contribution < 1.29 is 4.74 Å². The van der Waals surface area contributed by atoms with Crippen molar-refractivity contribution >= 4 is 5.95 Å². The number of aromatic nitrogens is 2. The Morgan fingerprint density at radius 3 is 3.00 bits per heavy atom. The molecule has 0 spiro atoms. The van der Waals surface area contributed by atoms with Crippen molar-refractivity contribution in [2.75, 3.05) is 25.6 Å². The third-order valence-corrected chi connectivity index (χ3v) is 3.17. The summed E-state index contributed by atoms with van der Waals surface area (Å²) in [6.45, 7) is 4.68. The fourth-order valence-electron chi connectivity index (χ4n) is 2.05. The van der Waals surface area contributed by atoms with Crippen molar-refractivity contribution in [1.82, 2.24) is 9.55 Å². The highest BCUT2D eigenvalue weighted by molar-refractivity contribution is 5.28. The lowest BCUT2D eigenvalue weighted by molar-refractivity contribution is 0.210. The Morgan fingerprint density at radius 2 is 2.38 bits per heavy atom. The van der Waals surface area contributed by atoms with Crippen LogP contribution in [0.15, 0.2) is 6.20 Å². The molecule has 0 atom stereocenters. The summed E-state index contributed by atoms with van der Waals surface area (Å²) >= 11 is 0. The highest BCUT2D eigenvalue weighted by Gasteiger charge is 2.19. The highest BCUT2D eigenvalue weighted by Crippen LogP contribution is 2.28. The van der Waals surface area contributed by atoms with Crippen molar-refractivity contribution in [3.63, 3.8) is 0 Å². The first kappa shape index (κ1) is 11.5. The molecule has 0 saturated heterocycles. The second-order valence-electron chi connectivity index (χ2n) is 4.57. The number of hydrogen-bond acceptors (Lipinski definition) is 3. The zero-order valence-electron chi connectivity index (χ0n) is 10.2. The zero-order valence-corrected chi connectivity index (χ0v) is 10.2. The average molecular weight is 223 g/mol. The van der Waals surface area contributed by atoms with Crippen LogP contribution >= 0.6 is 0 Å². The van der Waals surface area contributed by atoms with Gasteiger partial charge in [-0.2, -0.15) is 0 Å². The van der Waals surface area contributed by atoms with E-state index in [9.17, 15) is 0 Å². The van der Waals surface area contributed by atoms with Gasteiger partial charge in [-0.05, 0) is 25.7 Å². The molecule has 1 fully saturated rings. The number of rotatable bonds is 6. The molecule has 1 N–H and O–H groups in total. The minimum absolute atomic E-state index is 0.718. The molecule has 16 heavy (non-hydrogen) atoms. The van der Waals surface area contributed by atoms with E-state index in [0.717, 1.165) is 37.3 Å². The number of methoxy groups -OCH3 is 1. The third-order valence-electron chi connectivity index (χ3n) is 3.17. The van der Waals surface area contributed by atoms with Gasteiger partial charge in [0.2, 0.25) is 5.95 Å². The minimum Gasteiger partial charge on any atom is -0.383 e. The van der Waals surface area contributed by atoms with E-state index < -0.39 is 0 Å². The summed E-state index contributed by atoms with van der Waals surface area (Å²) in [5, 5.41) is 3.32. The molecule has 0 radical (unpaired) electrons. The predicted molar refractivity (Wildman–Crippen MR) is 64.7 cm³/mol. The van der Waals surface area contributed by atoms with Gasteiger partial charge in [0.05, 0.1) is 12.3 Å². The Morgan fingerprint density at radius 1 is 1.56 bits per heavy atom. The van der Waals surface area contributed by atoms with Crippen molar-refractivity contribution in [3.8, 4) is 0 Å². The van der Waals surface area contributed by atoms with Crippen LogP contribution in [0.2, 0.25) is 0 Å². The van der Waals surface area contributed by atoms with Crippen LogP contribution in [0, 0.1) is 12.8 Å².